The van der Waals surface area contributed by atoms with E-state index in [0.717, 1.165) is 37.8 Å². The van der Waals surface area contributed by atoms with E-state index in [0.29, 0.717) is 19.7 Å². The SMILES string of the molecule is O=C(NC1CCN(C(=O)Nc2ccccc2)CC1)[C@@H]1CCCCO1. The van der Waals surface area contributed by atoms with Crippen LogP contribution in [-0.2, 0) is 9.53 Å². The first-order valence-corrected chi connectivity index (χ1v) is 8.75. The van der Waals surface area contributed by atoms with Gasteiger partial charge >= 0.3 is 6.03 Å². The van der Waals surface area contributed by atoms with E-state index < -0.39 is 0 Å². The fourth-order valence-corrected chi connectivity index (χ4v) is 3.19. The van der Waals surface area contributed by atoms with Crippen LogP contribution >= 0.6 is 0 Å². The first kappa shape index (κ1) is 16.8. The van der Waals surface area contributed by atoms with Gasteiger partial charge in [0, 0.05) is 31.4 Å². The zero-order chi connectivity index (χ0) is 16.8. The van der Waals surface area contributed by atoms with Crippen LogP contribution in [-0.4, -0.2) is 48.7 Å². The molecule has 24 heavy (non-hydrogen) atoms. The monoisotopic (exact) mass is 331 g/mol. The number of anilines is 1. The number of likely N-dealkylation sites (tertiary alicyclic amines) is 1. The van der Waals surface area contributed by atoms with Crippen LogP contribution in [0.15, 0.2) is 30.3 Å². The lowest BCUT2D eigenvalue weighted by Gasteiger charge is -2.33. The highest BCUT2D eigenvalue weighted by Gasteiger charge is 2.27. The van der Waals surface area contributed by atoms with E-state index in [9.17, 15) is 9.59 Å². The average molecular weight is 331 g/mol. The maximum Gasteiger partial charge on any atom is 0.321 e. The van der Waals surface area contributed by atoms with Crippen LogP contribution in [0.2, 0.25) is 0 Å². The lowest BCUT2D eigenvalue weighted by molar-refractivity contribution is -0.136. The molecule has 0 radical (unpaired) electrons. The van der Waals surface area contributed by atoms with Crippen molar-refractivity contribution >= 4 is 17.6 Å². The molecule has 130 valence electrons. The van der Waals surface area contributed by atoms with Gasteiger partial charge in [-0.15, -0.1) is 0 Å². The number of hydrogen-bond donors (Lipinski definition) is 2. The van der Waals surface area contributed by atoms with Crippen molar-refractivity contribution in [2.24, 2.45) is 0 Å². The topological polar surface area (TPSA) is 70.7 Å². The van der Waals surface area contributed by atoms with Crippen LogP contribution in [0.1, 0.15) is 32.1 Å². The summed E-state index contributed by atoms with van der Waals surface area (Å²) < 4.78 is 5.52. The Morgan fingerprint density at radius 1 is 1.04 bits per heavy atom. The molecule has 1 atom stereocenters. The highest BCUT2D eigenvalue weighted by molar-refractivity contribution is 5.89. The number of amides is 3. The molecule has 0 aromatic heterocycles. The molecule has 6 nitrogen and oxygen atoms in total. The Balaban J connectivity index is 1.42. The molecule has 2 saturated heterocycles. The number of carbonyl (C=O) groups excluding carboxylic acids is 2. The zero-order valence-electron chi connectivity index (χ0n) is 13.9. The highest BCUT2D eigenvalue weighted by atomic mass is 16.5. The van der Waals surface area contributed by atoms with Gasteiger partial charge in [-0.1, -0.05) is 18.2 Å². The molecule has 3 rings (SSSR count). The Morgan fingerprint density at radius 2 is 1.79 bits per heavy atom. The number of urea groups is 1. The molecule has 2 aliphatic rings. The third kappa shape index (κ3) is 4.47. The molecule has 0 aliphatic carbocycles. The first-order valence-electron chi connectivity index (χ1n) is 8.75. The third-order valence-electron chi connectivity index (χ3n) is 4.63. The van der Waals surface area contributed by atoms with E-state index in [1.165, 1.54) is 0 Å². The summed E-state index contributed by atoms with van der Waals surface area (Å²) in [4.78, 5) is 26.2. The second-order valence-electron chi connectivity index (χ2n) is 6.42. The van der Waals surface area contributed by atoms with E-state index in [1.54, 1.807) is 4.90 Å². The molecule has 2 N–H and O–H groups in total. The van der Waals surface area contributed by atoms with Gasteiger partial charge in [0.25, 0.3) is 0 Å². The molecule has 3 amide bonds. The van der Waals surface area contributed by atoms with Crippen LogP contribution in [0, 0.1) is 0 Å². The molecular formula is C18H25N3O3. The molecule has 2 fully saturated rings. The van der Waals surface area contributed by atoms with Crippen LogP contribution in [0.4, 0.5) is 10.5 Å². The summed E-state index contributed by atoms with van der Waals surface area (Å²) in [5.41, 5.74) is 0.798. The van der Waals surface area contributed by atoms with Crippen LogP contribution in [0.5, 0.6) is 0 Å². The van der Waals surface area contributed by atoms with E-state index >= 15 is 0 Å². The summed E-state index contributed by atoms with van der Waals surface area (Å²) in [6, 6.07) is 9.49. The minimum Gasteiger partial charge on any atom is -0.368 e. The number of hydrogen-bond acceptors (Lipinski definition) is 3. The van der Waals surface area contributed by atoms with Crippen LogP contribution < -0.4 is 10.6 Å². The first-order chi connectivity index (χ1) is 11.7. The zero-order valence-corrected chi connectivity index (χ0v) is 13.9. The lowest BCUT2D eigenvalue weighted by atomic mass is 10.0. The molecule has 6 heteroatoms. The van der Waals surface area contributed by atoms with Gasteiger partial charge in [-0.3, -0.25) is 4.79 Å². The number of para-hydroxylation sites is 1. The molecule has 2 aliphatic heterocycles. The fourth-order valence-electron chi connectivity index (χ4n) is 3.19. The summed E-state index contributed by atoms with van der Waals surface area (Å²) in [6.45, 7) is 1.97. The van der Waals surface area contributed by atoms with Gasteiger partial charge < -0.3 is 20.3 Å². The van der Waals surface area contributed by atoms with Crippen molar-refractivity contribution in [2.45, 2.75) is 44.2 Å². The smallest absolute Gasteiger partial charge is 0.321 e. The maximum atomic E-state index is 12.3. The molecule has 2 heterocycles. The van der Waals surface area contributed by atoms with Crippen molar-refractivity contribution in [3.8, 4) is 0 Å². The van der Waals surface area contributed by atoms with Gasteiger partial charge in [-0.25, -0.2) is 4.79 Å². The quantitative estimate of drug-likeness (QED) is 0.893. The number of ether oxygens (including phenoxy) is 1. The maximum absolute atomic E-state index is 12.3. The second-order valence-corrected chi connectivity index (χ2v) is 6.42. The standard InChI is InChI=1S/C18H25N3O3/c22-17(16-8-4-5-13-24-16)19-15-9-11-21(12-10-15)18(23)20-14-6-2-1-3-7-14/h1-3,6-7,15-16H,4-5,8-13H2,(H,19,22)(H,20,23)/t16-/m0/s1. The number of carbonyl (C=O) groups is 2. The molecule has 0 spiro atoms. The molecule has 1 aromatic rings. The van der Waals surface area contributed by atoms with Crippen molar-refractivity contribution in [3.63, 3.8) is 0 Å². The fraction of sp³-hybridized carbons (Fsp3) is 0.556. The second kappa shape index (κ2) is 8.15. The van der Waals surface area contributed by atoms with Crippen molar-refractivity contribution < 1.29 is 14.3 Å². The van der Waals surface area contributed by atoms with Gasteiger partial charge in [0.05, 0.1) is 0 Å². The highest BCUT2D eigenvalue weighted by Crippen LogP contribution is 2.16. The van der Waals surface area contributed by atoms with Gasteiger partial charge in [-0.05, 0) is 44.2 Å². The van der Waals surface area contributed by atoms with Crippen molar-refractivity contribution in [3.05, 3.63) is 30.3 Å². The van der Waals surface area contributed by atoms with E-state index in [4.69, 9.17) is 4.74 Å². The largest absolute Gasteiger partial charge is 0.368 e. The molecular weight excluding hydrogens is 306 g/mol. The number of benzene rings is 1. The lowest BCUT2D eigenvalue weighted by Crippen LogP contribution is -2.50. The minimum atomic E-state index is -0.293. The van der Waals surface area contributed by atoms with Crippen molar-refractivity contribution in [1.82, 2.24) is 10.2 Å². The van der Waals surface area contributed by atoms with Gasteiger partial charge in [0.15, 0.2) is 0 Å². The van der Waals surface area contributed by atoms with Crippen molar-refractivity contribution in [2.75, 3.05) is 25.0 Å². The molecule has 0 bridgehead atoms. The van der Waals surface area contributed by atoms with Gasteiger partial charge in [0.1, 0.15) is 6.10 Å². The van der Waals surface area contributed by atoms with Gasteiger partial charge in [0.2, 0.25) is 5.91 Å². The minimum absolute atomic E-state index is 0.00175. The molecule has 0 saturated carbocycles. The Labute approximate surface area is 142 Å². The van der Waals surface area contributed by atoms with E-state index in [1.807, 2.05) is 30.3 Å². The third-order valence-corrected chi connectivity index (χ3v) is 4.63. The van der Waals surface area contributed by atoms with E-state index in [2.05, 4.69) is 10.6 Å². The predicted molar refractivity (Wildman–Crippen MR) is 91.8 cm³/mol. The Morgan fingerprint density at radius 3 is 2.46 bits per heavy atom. The number of rotatable bonds is 3. The predicted octanol–water partition coefficient (Wildman–Crippen LogP) is 2.37. The number of nitrogens with one attached hydrogen (secondary N) is 2. The van der Waals surface area contributed by atoms with E-state index in [-0.39, 0.29) is 24.1 Å². The van der Waals surface area contributed by atoms with Gasteiger partial charge in [-0.2, -0.15) is 0 Å². The summed E-state index contributed by atoms with van der Waals surface area (Å²) >= 11 is 0. The summed E-state index contributed by atoms with van der Waals surface area (Å²) in [6.07, 6.45) is 4.17. The Kier molecular flexibility index (Phi) is 5.69. The van der Waals surface area contributed by atoms with Crippen LogP contribution in [0.3, 0.4) is 0 Å². The number of nitrogens with zero attached hydrogens (tertiary/aromatic N) is 1. The molecule has 0 unspecified atom stereocenters. The Hall–Kier alpha value is -2.08. The average Bonchev–Trinajstić information content (AvgIpc) is 2.64. The van der Waals surface area contributed by atoms with Crippen LogP contribution in [0.25, 0.3) is 0 Å². The summed E-state index contributed by atoms with van der Waals surface area (Å²) in [7, 11) is 0. The Bertz CT molecular complexity index is 550. The normalized spacial score (nSPS) is 22.0. The van der Waals surface area contributed by atoms with Crippen molar-refractivity contribution in [1.29, 1.82) is 0 Å². The summed E-state index contributed by atoms with van der Waals surface area (Å²) in [5, 5.41) is 5.97. The number of piperidine rings is 1. The molecule has 1 aromatic carbocycles. The summed E-state index contributed by atoms with van der Waals surface area (Å²) in [5.74, 6) is 0.00175.